The zero-order chi connectivity index (χ0) is 14.2. The maximum absolute atomic E-state index is 9.92. The van der Waals surface area contributed by atoms with E-state index in [4.69, 9.17) is 8.83 Å². The fourth-order valence-corrected chi connectivity index (χ4v) is 2.54. The Labute approximate surface area is 124 Å². The Balaban J connectivity index is 1.63. The highest BCUT2D eigenvalue weighted by Crippen LogP contribution is 2.25. The molecule has 0 unspecified atom stereocenters. The highest BCUT2D eigenvalue weighted by Gasteiger charge is 2.28. The van der Waals surface area contributed by atoms with Gasteiger partial charge in [0, 0.05) is 13.1 Å². The van der Waals surface area contributed by atoms with Crippen LogP contribution in [0.5, 0.6) is 0 Å². The summed E-state index contributed by atoms with van der Waals surface area (Å²) in [5.74, 6) is 1.50. The van der Waals surface area contributed by atoms with Crippen LogP contribution in [0.1, 0.15) is 25.7 Å². The van der Waals surface area contributed by atoms with Gasteiger partial charge in [-0.15, -0.1) is 10.2 Å². The molecule has 0 radical (unpaired) electrons. The molecule has 6 nitrogen and oxygen atoms in total. The van der Waals surface area contributed by atoms with Gasteiger partial charge in [0.2, 0.25) is 5.89 Å². The van der Waals surface area contributed by atoms with Gasteiger partial charge in [0.1, 0.15) is 0 Å². The van der Waals surface area contributed by atoms with Crippen molar-refractivity contribution >= 4 is 15.9 Å². The normalized spacial score (nSPS) is 19.4. The van der Waals surface area contributed by atoms with Gasteiger partial charge in [-0.05, 0) is 47.8 Å². The van der Waals surface area contributed by atoms with Crippen molar-refractivity contribution in [2.75, 3.05) is 13.1 Å². The Morgan fingerprint density at radius 1 is 1.30 bits per heavy atom. The number of rotatable bonds is 3. The number of halogens is 1. The summed E-state index contributed by atoms with van der Waals surface area (Å²) < 4.78 is 11.6. The van der Waals surface area contributed by atoms with Crippen molar-refractivity contribution < 1.29 is 13.9 Å². The monoisotopic (exact) mass is 341 g/mol. The van der Waals surface area contributed by atoms with Crippen molar-refractivity contribution in [1.29, 1.82) is 0 Å². The van der Waals surface area contributed by atoms with Crippen LogP contribution in [-0.4, -0.2) is 38.9 Å². The summed E-state index contributed by atoms with van der Waals surface area (Å²) in [5.41, 5.74) is -0.545. The summed E-state index contributed by atoms with van der Waals surface area (Å²) in [5, 5.41) is 17.9. The number of piperidine rings is 1. The molecule has 0 amide bonds. The van der Waals surface area contributed by atoms with Crippen LogP contribution in [0.15, 0.2) is 25.6 Å². The lowest BCUT2D eigenvalue weighted by atomic mass is 9.94. The van der Waals surface area contributed by atoms with Crippen LogP contribution in [0.25, 0.3) is 11.7 Å². The standard InChI is InChI=1S/C13H16BrN3O3/c1-13(18)4-6-17(7-5-13)8-11-15-16-12(20-11)9-2-3-10(14)19-9/h2-3,18H,4-8H2,1H3. The maximum atomic E-state index is 9.92. The molecule has 2 aromatic rings. The first-order chi connectivity index (χ1) is 9.52. The highest BCUT2D eigenvalue weighted by molar-refractivity contribution is 9.10. The average Bonchev–Trinajstić information content (AvgIpc) is 3.01. The third-order valence-corrected chi connectivity index (χ3v) is 3.97. The van der Waals surface area contributed by atoms with Crippen LogP contribution in [0.4, 0.5) is 0 Å². The summed E-state index contributed by atoms with van der Waals surface area (Å²) in [6, 6.07) is 3.56. The van der Waals surface area contributed by atoms with Crippen LogP contribution in [0.2, 0.25) is 0 Å². The molecule has 0 saturated carbocycles. The lowest BCUT2D eigenvalue weighted by Gasteiger charge is -2.34. The van der Waals surface area contributed by atoms with E-state index in [1.165, 1.54) is 0 Å². The van der Waals surface area contributed by atoms with Crippen LogP contribution >= 0.6 is 15.9 Å². The fourth-order valence-electron chi connectivity index (χ4n) is 2.23. The van der Waals surface area contributed by atoms with E-state index in [-0.39, 0.29) is 0 Å². The second-order valence-electron chi connectivity index (χ2n) is 5.38. The molecule has 3 rings (SSSR count). The molecule has 3 heterocycles. The zero-order valence-electron chi connectivity index (χ0n) is 11.2. The van der Waals surface area contributed by atoms with E-state index >= 15 is 0 Å². The molecule has 0 aromatic carbocycles. The van der Waals surface area contributed by atoms with Crippen molar-refractivity contribution in [2.45, 2.75) is 31.9 Å². The maximum Gasteiger partial charge on any atom is 0.283 e. The minimum absolute atomic E-state index is 0.384. The first-order valence-corrected chi connectivity index (χ1v) is 7.34. The summed E-state index contributed by atoms with van der Waals surface area (Å²) in [6.07, 6.45) is 1.53. The van der Waals surface area contributed by atoms with E-state index in [0.717, 1.165) is 25.9 Å². The molecule has 108 valence electrons. The Morgan fingerprint density at radius 2 is 2.05 bits per heavy atom. The van der Waals surface area contributed by atoms with Crippen molar-refractivity contribution in [1.82, 2.24) is 15.1 Å². The molecule has 0 spiro atoms. The third-order valence-electron chi connectivity index (χ3n) is 3.54. The molecule has 0 aliphatic carbocycles. The first kappa shape index (κ1) is 13.8. The highest BCUT2D eigenvalue weighted by atomic mass is 79.9. The molecule has 7 heteroatoms. The lowest BCUT2D eigenvalue weighted by Crippen LogP contribution is -2.42. The van der Waals surface area contributed by atoms with Gasteiger partial charge in [0.05, 0.1) is 12.1 Å². The van der Waals surface area contributed by atoms with Gasteiger partial charge in [0.15, 0.2) is 10.4 Å². The molecule has 20 heavy (non-hydrogen) atoms. The summed E-state index contributed by atoms with van der Waals surface area (Å²) >= 11 is 3.24. The Morgan fingerprint density at radius 3 is 2.70 bits per heavy atom. The van der Waals surface area contributed by atoms with Gasteiger partial charge in [-0.3, -0.25) is 4.90 Å². The lowest BCUT2D eigenvalue weighted by molar-refractivity contribution is -0.00907. The molecule has 1 aliphatic rings. The molecule has 1 N–H and O–H groups in total. The fraction of sp³-hybridized carbons (Fsp3) is 0.538. The molecule has 1 saturated heterocycles. The van der Waals surface area contributed by atoms with E-state index in [0.29, 0.717) is 28.8 Å². The Kier molecular flexibility index (Phi) is 3.66. The van der Waals surface area contributed by atoms with Gasteiger partial charge in [-0.1, -0.05) is 0 Å². The van der Waals surface area contributed by atoms with Crippen LogP contribution in [-0.2, 0) is 6.54 Å². The van der Waals surface area contributed by atoms with Crippen molar-refractivity contribution in [3.63, 3.8) is 0 Å². The zero-order valence-corrected chi connectivity index (χ0v) is 12.8. The Bertz CT molecular complexity index is 583. The molecule has 1 aliphatic heterocycles. The molecule has 1 fully saturated rings. The van der Waals surface area contributed by atoms with Crippen molar-refractivity contribution in [3.8, 4) is 11.7 Å². The van der Waals surface area contributed by atoms with E-state index in [2.05, 4.69) is 31.0 Å². The number of likely N-dealkylation sites (tertiary alicyclic amines) is 1. The Hall–Kier alpha value is -1.18. The number of hydrogen-bond donors (Lipinski definition) is 1. The summed E-state index contributed by atoms with van der Waals surface area (Å²) in [6.45, 7) is 4.14. The predicted molar refractivity (Wildman–Crippen MR) is 74.8 cm³/mol. The third kappa shape index (κ3) is 3.11. The van der Waals surface area contributed by atoms with Crippen LogP contribution in [0, 0.1) is 0 Å². The van der Waals surface area contributed by atoms with Crippen LogP contribution < -0.4 is 0 Å². The summed E-state index contributed by atoms with van der Waals surface area (Å²) in [4.78, 5) is 2.20. The second-order valence-corrected chi connectivity index (χ2v) is 6.16. The van der Waals surface area contributed by atoms with E-state index in [9.17, 15) is 5.11 Å². The van der Waals surface area contributed by atoms with E-state index in [1.54, 1.807) is 12.1 Å². The van der Waals surface area contributed by atoms with Crippen molar-refractivity contribution in [3.05, 3.63) is 22.7 Å². The average molecular weight is 342 g/mol. The second kappa shape index (κ2) is 5.31. The van der Waals surface area contributed by atoms with Crippen molar-refractivity contribution in [2.24, 2.45) is 0 Å². The number of furan rings is 1. The minimum atomic E-state index is -0.545. The summed E-state index contributed by atoms with van der Waals surface area (Å²) in [7, 11) is 0. The number of aromatic nitrogens is 2. The minimum Gasteiger partial charge on any atom is -0.444 e. The van der Waals surface area contributed by atoms with E-state index < -0.39 is 5.60 Å². The molecular weight excluding hydrogens is 326 g/mol. The largest absolute Gasteiger partial charge is 0.444 e. The molecular formula is C13H16BrN3O3. The van der Waals surface area contributed by atoms with E-state index in [1.807, 2.05) is 6.92 Å². The van der Waals surface area contributed by atoms with Gasteiger partial charge in [0.25, 0.3) is 5.89 Å². The predicted octanol–water partition coefficient (Wildman–Crippen LogP) is 2.44. The van der Waals surface area contributed by atoms with Gasteiger partial charge >= 0.3 is 0 Å². The topological polar surface area (TPSA) is 75.5 Å². The van der Waals surface area contributed by atoms with Gasteiger partial charge < -0.3 is 13.9 Å². The SMILES string of the molecule is CC1(O)CCN(Cc2nnc(-c3ccc(Br)o3)o2)CC1. The quantitative estimate of drug-likeness (QED) is 0.923. The number of nitrogens with zero attached hydrogens (tertiary/aromatic N) is 3. The smallest absolute Gasteiger partial charge is 0.283 e. The molecule has 2 aromatic heterocycles. The number of aliphatic hydroxyl groups is 1. The van der Waals surface area contributed by atoms with Crippen LogP contribution in [0.3, 0.4) is 0 Å². The first-order valence-electron chi connectivity index (χ1n) is 6.55. The molecule has 0 atom stereocenters. The number of hydrogen-bond acceptors (Lipinski definition) is 6. The van der Waals surface area contributed by atoms with Gasteiger partial charge in [-0.25, -0.2) is 0 Å². The van der Waals surface area contributed by atoms with Gasteiger partial charge in [-0.2, -0.15) is 0 Å². The molecule has 0 bridgehead atoms.